The Bertz CT molecular complexity index is 2590. The van der Waals surface area contributed by atoms with E-state index in [4.69, 9.17) is 11.8 Å². The molecule has 7 aromatic carbocycles. The van der Waals surface area contributed by atoms with Gasteiger partial charge >= 0.3 is 0 Å². The number of hydrogen-bond donors (Lipinski definition) is 0. The van der Waals surface area contributed by atoms with Crippen LogP contribution in [0.25, 0.3) is 61.5 Å². The van der Waals surface area contributed by atoms with Crippen molar-refractivity contribution < 1.29 is 6.85 Å². The van der Waals surface area contributed by atoms with Crippen molar-refractivity contribution in [3.05, 3.63) is 176 Å². The number of anilines is 3. The van der Waals surface area contributed by atoms with E-state index in [0.717, 1.165) is 67.4 Å². The fraction of sp³-hybridized carbons (Fsp3) is 0. The zero-order chi connectivity index (χ0) is 34.8. The first-order chi connectivity index (χ1) is 24.9. The van der Waals surface area contributed by atoms with Gasteiger partial charge in [-0.1, -0.05) is 139 Å². The van der Waals surface area contributed by atoms with Crippen molar-refractivity contribution in [1.29, 1.82) is 0 Å². The van der Waals surface area contributed by atoms with Crippen LogP contribution >= 0.6 is 0 Å². The maximum absolute atomic E-state index is 8.34. The lowest BCUT2D eigenvalue weighted by Crippen LogP contribution is -2.18. The number of rotatable bonds is 5. The third-order valence-electron chi connectivity index (χ3n) is 8.62. The third-order valence-corrected chi connectivity index (χ3v) is 8.62. The van der Waals surface area contributed by atoms with E-state index in [1.54, 1.807) is 0 Å². The Morgan fingerprint density at radius 3 is 1.70 bits per heavy atom. The molecule has 0 unspecified atom stereocenters. The summed E-state index contributed by atoms with van der Waals surface area (Å²) >= 11 is 0. The highest BCUT2D eigenvalue weighted by atomic mass is 15.2. The molecular weight excluding hydrogens is 558 g/mol. The number of nitrogens with zero attached hydrogens (tertiary/aromatic N) is 3. The zero-order valence-electron chi connectivity index (χ0n) is 29.7. The van der Waals surface area contributed by atoms with Crippen molar-refractivity contribution in [1.82, 2.24) is 9.55 Å². The molecule has 3 heteroatoms. The Labute approximate surface area is 275 Å². The molecule has 0 saturated carbocycles. The molecule has 1 aliphatic heterocycles. The van der Waals surface area contributed by atoms with Crippen molar-refractivity contribution in [3.63, 3.8) is 0 Å². The van der Waals surface area contributed by atoms with Crippen LogP contribution < -0.4 is 4.90 Å². The van der Waals surface area contributed by atoms with Gasteiger partial charge in [-0.3, -0.25) is 4.57 Å². The molecule has 216 valence electrons. The third kappa shape index (κ3) is 4.33. The molecule has 3 nitrogen and oxygen atoms in total. The summed E-state index contributed by atoms with van der Waals surface area (Å²) in [6, 6.07) is 48.1. The van der Waals surface area contributed by atoms with Crippen LogP contribution in [0.2, 0.25) is 0 Å². The van der Waals surface area contributed by atoms with E-state index in [-0.39, 0.29) is 29.7 Å². The quantitative estimate of drug-likeness (QED) is 0.198. The second-order valence-corrected chi connectivity index (χ2v) is 11.3. The van der Waals surface area contributed by atoms with Gasteiger partial charge in [-0.05, 0) is 69.8 Å². The normalized spacial score (nSPS) is 13.4. The Morgan fingerprint density at radius 1 is 0.435 bits per heavy atom. The molecule has 8 aromatic rings. The lowest BCUT2D eigenvalue weighted by molar-refractivity contribution is 1.06. The fourth-order valence-corrected chi connectivity index (χ4v) is 6.44. The molecular formula is C43H29N3. The van der Waals surface area contributed by atoms with Crippen molar-refractivity contribution >= 4 is 28.1 Å². The first kappa shape index (κ1) is 21.5. The first-order valence-corrected chi connectivity index (χ1v) is 15.2. The average molecular weight is 593 g/mol. The van der Waals surface area contributed by atoms with Gasteiger partial charge in [-0.15, -0.1) is 0 Å². The van der Waals surface area contributed by atoms with Crippen LogP contribution in [0.15, 0.2) is 176 Å². The van der Waals surface area contributed by atoms with Crippen LogP contribution in [-0.4, -0.2) is 9.55 Å². The Kier molecular flexibility index (Phi) is 5.03. The summed E-state index contributed by atoms with van der Waals surface area (Å²) < 4.78 is 43.0. The second-order valence-electron chi connectivity index (χ2n) is 11.3. The van der Waals surface area contributed by atoms with Crippen LogP contribution in [0.4, 0.5) is 17.1 Å². The Hall–Kier alpha value is -6.19. The molecule has 0 radical (unpaired) electrons. The summed E-state index contributed by atoms with van der Waals surface area (Å²) in [5, 5.41) is 0. The van der Waals surface area contributed by atoms with Crippen molar-refractivity contribution in [2.24, 2.45) is 0 Å². The number of benzene rings is 7. The van der Waals surface area contributed by atoms with Crippen LogP contribution in [0.5, 0.6) is 0 Å². The highest BCUT2D eigenvalue weighted by molar-refractivity contribution is 6.03. The van der Waals surface area contributed by atoms with Gasteiger partial charge in [0.25, 0.3) is 0 Å². The van der Waals surface area contributed by atoms with Gasteiger partial charge in [0.15, 0.2) is 0 Å². The zero-order valence-corrected chi connectivity index (χ0v) is 24.7. The summed E-state index contributed by atoms with van der Waals surface area (Å²) in [5.41, 5.74) is 12.2. The highest BCUT2D eigenvalue weighted by Gasteiger charge is 2.29. The van der Waals surface area contributed by atoms with Crippen LogP contribution in [-0.2, 0) is 0 Å². The Morgan fingerprint density at radius 2 is 1.02 bits per heavy atom. The van der Waals surface area contributed by atoms with Crippen molar-refractivity contribution in [2.75, 3.05) is 4.90 Å². The number of para-hydroxylation sites is 2. The minimum absolute atomic E-state index is 0.203. The van der Waals surface area contributed by atoms with Gasteiger partial charge in [-0.25, -0.2) is 4.98 Å². The predicted molar refractivity (Wildman–Crippen MR) is 191 cm³/mol. The molecule has 0 aliphatic carbocycles. The van der Waals surface area contributed by atoms with E-state index in [9.17, 15) is 0 Å². The number of fused-ring (bicyclic) bond motifs is 2. The topological polar surface area (TPSA) is 21.1 Å². The van der Waals surface area contributed by atoms with E-state index < -0.39 is 6.04 Å². The molecule has 1 aromatic heterocycles. The van der Waals surface area contributed by atoms with Gasteiger partial charge in [0.2, 0.25) is 0 Å². The number of aromatic nitrogens is 2. The van der Waals surface area contributed by atoms with E-state index in [0.29, 0.717) is 5.56 Å². The molecule has 0 amide bonds. The molecule has 0 bridgehead atoms. The fourth-order valence-electron chi connectivity index (χ4n) is 6.44. The van der Waals surface area contributed by atoms with E-state index >= 15 is 0 Å². The summed E-state index contributed by atoms with van der Waals surface area (Å²) in [4.78, 5) is 7.46. The summed E-state index contributed by atoms with van der Waals surface area (Å²) in [7, 11) is 0. The summed E-state index contributed by atoms with van der Waals surface area (Å²) in [6.45, 7) is 0. The van der Waals surface area contributed by atoms with Gasteiger partial charge in [0, 0.05) is 11.3 Å². The molecule has 0 atom stereocenters. The second kappa shape index (κ2) is 10.8. The number of hydrogen-bond acceptors (Lipinski definition) is 2. The predicted octanol–water partition coefficient (Wildman–Crippen LogP) is 11.5. The van der Waals surface area contributed by atoms with Crippen molar-refractivity contribution in [2.45, 2.75) is 0 Å². The van der Waals surface area contributed by atoms with Crippen LogP contribution in [0.3, 0.4) is 0 Å². The minimum atomic E-state index is -0.391. The highest BCUT2D eigenvalue weighted by Crippen LogP contribution is 2.49. The molecule has 0 fully saturated rings. The van der Waals surface area contributed by atoms with Gasteiger partial charge in [-0.2, -0.15) is 0 Å². The SMILES string of the molecule is [2H]c1c([2H])c([2H])c(-c2ccc(-c3ccc(-c4ccc5c(c4)N(c4ccccc4)c4cccc6nc(-c7ccccc7)n-5c46)cc3)cc2)c([2H])c1[2H]. The summed E-state index contributed by atoms with van der Waals surface area (Å²) in [6.07, 6.45) is 0. The molecule has 1 aliphatic rings. The van der Waals surface area contributed by atoms with E-state index in [1.807, 2.05) is 48.5 Å². The Balaban J connectivity index is 1.11. The van der Waals surface area contributed by atoms with Gasteiger partial charge in [0.1, 0.15) is 5.82 Å². The minimum Gasteiger partial charge on any atom is -0.306 e. The van der Waals surface area contributed by atoms with Crippen LogP contribution in [0, 0.1) is 0 Å². The maximum atomic E-state index is 8.34. The molecule has 2 heterocycles. The van der Waals surface area contributed by atoms with Gasteiger partial charge in [0.05, 0.1) is 34.9 Å². The molecule has 9 rings (SSSR count). The standard InChI is InChI=1S/C43H29N3/c1-4-11-30(12-5-1)31-19-21-32(22-20-31)33-23-25-34(26-24-33)36-27-28-39-41(29-36)45(37-15-8-3-9-16-37)40-18-10-17-38-42(40)46(39)43(44-38)35-13-6-2-7-14-35/h1-29H/i1D,4D,5D,11D,12D. The number of imidazole rings is 1. The molecule has 0 spiro atoms. The molecule has 0 saturated heterocycles. The average Bonchev–Trinajstić information content (AvgIpc) is 3.58. The van der Waals surface area contributed by atoms with Crippen molar-refractivity contribution in [3.8, 4) is 50.5 Å². The molecule has 0 N–H and O–H groups in total. The largest absolute Gasteiger partial charge is 0.306 e. The van der Waals surface area contributed by atoms with E-state index in [1.165, 1.54) is 0 Å². The maximum Gasteiger partial charge on any atom is 0.145 e. The smallest absolute Gasteiger partial charge is 0.145 e. The van der Waals surface area contributed by atoms with Gasteiger partial charge < -0.3 is 4.90 Å². The lowest BCUT2D eigenvalue weighted by Gasteiger charge is -2.33. The monoisotopic (exact) mass is 592 g/mol. The molecule has 46 heavy (non-hydrogen) atoms. The van der Waals surface area contributed by atoms with E-state index in [2.05, 4.69) is 107 Å². The van der Waals surface area contributed by atoms with Crippen LogP contribution in [0.1, 0.15) is 6.85 Å². The first-order valence-electron chi connectivity index (χ1n) is 17.7. The lowest BCUT2D eigenvalue weighted by atomic mass is 9.97. The summed E-state index contributed by atoms with van der Waals surface area (Å²) in [5.74, 6) is 0.904.